The van der Waals surface area contributed by atoms with E-state index in [-0.39, 0.29) is 18.8 Å². The summed E-state index contributed by atoms with van der Waals surface area (Å²) in [7, 11) is 0. The zero-order valence-electron chi connectivity index (χ0n) is 5.26. The fourth-order valence-corrected chi connectivity index (χ4v) is 0.461. The molecule has 1 N–H and O–H groups in total. The van der Waals surface area contributed by atoms with Crippen molar-refractivity contribution < 1.29 is 9.90 Å². The molecule has 9 heavy (non-hydrogen) atoms. The van der Waals surface area contributed by atoms with Gasteiger partial charge in [-0.1, -0.05) is 0 Å². The summed E-state index contributed by atoms with van der Waals surface area (Å²) in [6.07, 6.45) is 6.03. The standard InChI is InChI=1S/C7H10O2/c1-2-3-4-7(9)5-6-8/h1,8H,3-6H2. The molecule has 0 unspecified atom stereocenters. The zero-order valence-corrected chi connectivity index (χ0v) is 5.26. The van der Waals surface area contributed by atoms with Gasteiger partial charge in [-0.3, -0.25) is 4.79 Å². The van der Waals surface area contributed by atoms with Crippen molar-refractivity contribution in [1.29, 1.82) is 0 Å². The van der Waals surface area contributed by atoms with Crippen LogP contribution >= 0.6 is 0 Å². The van der Waals surface area contributed by atoms with Crippen molar-refractivity contribution in [2.24, 2.45) is 0 Å². The first-order valence-electron chi connectivity index (χ1n) is 2.87. The Morgan fingerprint density at radius 1 is 1.56 bits per heavy atom. The van der Waals surface area contributed by atoms with Crippen molar-refractivity contribution in [3.05, 3.63) is 0 Å². The number of rotatable bonds is 4. The van der Waals surface area contributed by atoms with Gasteiger partial charge in [0.25, 0.3) is 0 Å². The minimum atomic E-state index is -0.0661. The highest BCUT2D eigenvalue weighted by Crippen LogP contribution is 1.91. The molecule has 0 radical (unpaired) electrons. The average molecular weight is 126 g/mol. The second kappa shape index (κ2) is 5.33. The van der Waals surface area contributed by atoms with Gasteiger partial charge < -0.3 is 5.11 Å². The Morgan fingerprint density at radius 2 is 2.22 bits per heavy atom. The molecule has 2 heteroatoms. The molecular formula is C7H10O2. The van der Waals surface area contributed by atoms with Crippen molar-refractivity contribution in [3.8, 4) is 12.3 Å². The topological polar surface area (TPSA) is 37.3 Å². The number of aliphatic hydroxyl groups excluding tert-OH is 1. The van der Waals surface area contributed by atoms with Gasteiger partial charge in [0.05, 0.1) is 0 Å². The van der Waals surface area contributed by atoms with E-state index < -0.39 is 0 Å². The normalized spacial score (nSPS) is 8.44. The lowest BCUT2D eigenvalue weighted by Crippen LogP contribution is -1.99. The van der Waals surface area contributed by atoms with Crippen LogP contribution in [0, 0.1) is 12.3 Å². The van der Waals surface area contributed by atoms with Gasteiger partial charge in [0.15, 0.2) is 0 Å². The van der Waals surface area contributed by atoms with E-state index in [0.29, 0.717) is 12.8 Å². The van der Waals surface area contributed by atoms with Crippen LogP contribution < -0.4 is 0 Å². The number of hydrogen-bond donors (Lipinski definition) is 1. The third-order valence-electron chi connectivity index (χ3n) is 0.939. The molecule has 0 saturated heterocycles. The molecule has 0 aromatic rings. The fourth-order valence-electron chi connectivity index (χ4n) is 0.461. The Kier molecular flexibility index (Phi) is 4.85. The number of aliphatic hydroxyl groups is 1. The van der Waals surface area contributed by atoms with Gasteiger partial charge in [0.1, 0.15) is 5.78 Å². The molecule has 0 saturated carbocycles. The third-order valence-corrected chi connectivity index (χ3v) is 0.939. The van der Waals surface area contributed by atoms with E-state index in [4.69, 9.17) is 11.5 Å². The minimum absolute atomic E-state index is 0.0375. The summed E-state index contributed by atoms with van der Waals surface area (Å²) in [5, 5.41) is 8.26. The van der Waals surface area contributed by atoms with Gasteiger partial charge in [-0.15, -0.1) is 12.3 Å². The molecule has 0 aliphatic heterocycles. The highest BCUT2D eigenvalue weighted by atomic mass is 16.3. The molecule has 0 aliphatic rings. The second-order valence-electron chi connectivity index (χ2n) is 1.72. The van der Waals surface area contributed by atoms with Gasteiger partial charge in [0.2, 0.25) is 0 Å². The van der Waals surface area contributed by atoms with Crippen molar-refractivity contribution in [2.45, 2.75) is 19.3 Å². The SMILES string of the molecule is C#CCCC(=O)CCO. The molecule has 0 rings (SSSR count). The number of Topliss-reactive ketones (excluding diaryl/α,β-unsaturated/α-hetero) is 1. The van der Waals surface area contributed by atoms with E-state index in [1.165, 1.54) is 0 Å². The Hall–Kier alpha value is -0.810. The molecule has 2 nitrogen and oxygen atoms in total. The molecule has 0 aromatic heterocycles. The Balaban J connectivity index is 3.19. The first kappa shape index (κ1) is 8.19. The Bertz CT molecular complexity index is 121. The molecule has 50 valence electrons. The number of hydrogen-bond acceptors (Lipinski definition) is 2. The summed E-state index contributed by atoms with van der Waals surface area (Å²) in [5.41, 5.74) is 0. The summed E-state index contributed by atoms with van der Waals surface area (Å²) in [4.78, 5) is 10.5. The minimum Gasteiger partial charge on any atom is -0.396 e. The van der Waals surface area contributed by atoms with Crippen LogP contribution in [-0.2, 0) is 4.79 Å². The van der Waals surface area contributed by atoms with Gasteiger partial charge in [-0.05, 0) is 0 Å². The molecule has 0 bridgehead atoms. The van der Waals surface area contributed by atoms with Gasteiger partial charge >= 0.3 is 0 Å². The van der Waals surface area contributed by atoms with Crippen LogP contribution in [0.2, 0.25) is 0 Å². The zero-order chi connectivity index (χ0) is 7.11. The van der Waals surface area contributed by atoms with Gasteiger partial charge in [-0.25, -0.2) is 0 Å². The van der Waals surface area contributed by atoms with Crippen LogP contribution in [0.3, 0.4) is 0 Å². The summed E-state index contributed by atoms with van der Waals surface area (Å²) in [5.74, 6) is 2.39. The first-order valence-corrected chi connectivity index (χ1v) is 2.87. The molecule has 0 atom stereocenters. The van der Waals surface area contributed by atoms with E-state index >= 15 is 0 Å². The van der Waals surface area contributed by atoms with E-state index in [0.717, 1.165) is 0 Å². The van der Waals surface area contributed by atoms with Crippen LogP contribution in [0.1, 0.15) is 19.3 Å². The lowest BCUT2D eigenvalue weighted by atomic mass is 10.2. The average Bonchev–Trinajstić information content (AvgIpc) is 1.85. The third kappa shape index (κ3) is 5.05. The predicted molar refractivity (Wildman–Crippen MR) is 34.8 cm³/mol. The van der Waals surface area contributed by atoms with E-state index in [1.807, 2.05) is 0 Å². The van der Waals surface area contributed by atoms with E-state index in [2.05, 4.69) is 5.92 Å². The van der Waals surface area contributed by atoms with E-state index in [1.54, 1.807) is 0 Å². The molecule has 0 fully saturated rings. The molecule has 0 amide bonds. The van der Waals surface area contributed by atoms with Crippen molar-refractivity contribution in [3.63, 3.8) is 0 Å². The van der Waals surface area contributed by atoms with Crippen LogP contribution in [0.25, 0.3) is 0 Å². The number of carbonyl (C=O) groups excluding carboxylic acids is 1. The van der Waals surface area contributed by atoms with Gasteiger partial charge in [0, 0.05) is 25.9 Å². The molecular weight excluding hydrogens is 116 g/mol. The number of ketones is 1. The maximum Gasteiger partial charge on any atom is 0.136 e. The second-order valence-corrected chi connectivity index (χ2v) is 1.72. The molecule has 0 heterocycles. The maximum atomic E-state index is 10.5. The van der Waals surface area contributed by atoms with Crippen LogP contribution in [0.15, 0.2) is 0 Å². The maximum absolute atomic E-state index is 10.5. The largest absolute Gasteiger partial charge is 0.396 e. The molecule has 0 aromatic carbocycles. The van der Waals surface area contributed by atoms with E-state index in [9.17, 15) is 4.79 Å². The van der Waals surface area contributed by atoms with Gasteiger partial charge in [-0.2, -0.15) is 0 Å². The van der Waals surface area contributed by atoms with Crippen molar-refractivity contribution in [1.82, 2.24) is 0 Å². The lowest BCUT2D eigenvalue weighted by molar-refractivity contribution is -0.119. The summed E-state index contributed by atoms with van der Waals surface area (Å²) in [6, 6.07) is 0. The summed E-state index contributed by atoms with van der Waals surface area (Å²) >= 11 is 0. The lowest BCUT2D eigenvalue weighted by Gasteiger charge is -1.90. The fraction of sp³-hybridized carbons (Fsp3) is 0.571. The highest BCUT2D eigenvalue weighted by molar-refractivity contribution is 5.78. The monoisotopic (exact) mass is 126 g/mol. The summed E-state index contributed by atoms with van der Waals surface area (Å²) < 4.78 is 0. The number of carbonyl (C=O) groups is 1. The van der Waals surface area contributed by atoms with Crippen LogP contribution in [0.4, 0.5) is 0 Å². The highest BCUT2D eigenvalue weighted by Gasteiger charge is 1.96. The Morgan fingerprint density at radius 3 is 2.67 bits per heavy atom. The first-order chi connectivity index (χ1) is 4.31. The Labute approximate surface area is 54.9 Å². The molecule has 0 aliphatic carbocycles. The van der Waals surface area contributed by atoms with Crippen molar-refractivity contribution >= 4 is 5.78 Å². The van der Waals surface area contributed by atoms with Crippen molar-refractivity contribution in [2.75, 3.05) is 6.61 Å². The summed E-state index contributed by atoms with van der Waals surface area (Å²) in [6.45, 7) is -0.0661. The number of terminal acetylenes is 1. The van der Waals surface area contributed by atoms with Crippen LogP contribution in [-0.4, -0.2) is 17.5 Å². The predicted octanol–water partition coefficient (Wildman–Crippen LogP) is 0.351. The van der Waals surface area contributed by atoms with Crippen LogP contribution in [0.5, 0.6) is 0 Å². The quantitative estimate of drug-likeness (QED) is 0.552. The molecule has 0 spiro atoms. The smallest absolute Gasteiger partial charge is 0.136 e.